The Morgan fingerprint density at radius 1 is 1.50 bits per heavy atom. The van der Waals surface area contributed by atoms with Gasteiger partial charge in [0.1, 0.15) is 6.33 Å². The third-order valence-corrected chi connectivity index (χ3v) is 3.51. The number of rotatable bonds is 9. The van der Waals surface area contributed by atoms with Crippen molar-refractivity contribution < 1.29 is 9.90 Å². The van der Waals surface area contributed by atoms with Crippen LogP contribution in [0.4, 0.5) is 0 Å². The zero-order valence-corrected chi connectivity index (χ0v) is 11.7. The monoisotopic (exact) mass is 272 g/mol. The van der Waals surface area contributed by atoms with Crippen molar-refractivity contribution in [2.24, 2.45) is 0 Å². The van der Waals surface area contributed by atoms with Gasteiger partial charge in [0.2, 0.25) is 0 Å². The maximum Gasteiger partial charge on any atom is 0.313 e. The van der Waals surface area contributed by atoms with Gasteiger partial charge in [-0.2, -0.15) is 0 Å². The van der Waals surface area contributed by atoms with E-state index in [4.69, 9.17) is 5.11 Å². The van der Waals surface area contributed by atoms with Crippen molar-refractivity contribution in [2.45, 2.75) is 32.0 Å². The molecule has 0 unspecified atom stereocenters. The molecule has 0 amide bonds. The summed E-state index contributed by atoms with van der Waals surface area (Å²) in [6, 6.07) is 0. The molecule has 0 saturated heterocycles. The highest BCUT2D eigenvalue weighted by atomic mass is 32.2. The fraction of sp³-hybridized carbons (Fsp3) is 0.727. The van der Waals surface area contributed by atoms with Crippen molar-refractivity contribution in [3.05, 3.63) is 6.33 Å². The zero-order valence-electron chi connectivity index (χ0n) is 10.9. The van der Waals surface area contributed by atoms with Gasteiger partial charge in [-0.05, 0) is 19.5 Å². The summed E-state index contributed by atoms with van der Waals surface area (Å²) >= 11 is 1.21. The second-order valence-corrected chi connectivity index (χ2v) is 4.87. The number of carbonyl (C=O) groups is 1. The topological polar surface area (TPSA) is 71.2 Å². The highest BCUT2D eigenvalue weighted by Gasteiger charge is 2.08. The van der Waals surface area contributed by atoms with Crippen molar-refractivity contribution in [1.82, 2.24) is 19.7 Å². The van der Waals surface area contributed by atoms with Crippen LogP contribution in [0.3, 0.4) is 0 Å². The zero-order chi connectivity index (χ0) is 13.4. The molecule has 18 heavy (non-hydrogen) atoms. The first-order valence-electron chi connectivity index (χ1n) is 6.12. The Kier molecular flexibility index (Phi) is 6.74. The second-order valence-electron chi connectivity index (χ2n) is 3.92. The molecule has 0 atom stereocenters. The van der Waals surface area contributed by atoms with Gasteiger partial charge < -0.3 is 14.6 Å². The number of nitrogens with zero attached hydrogens (tertiary/aromatic N) is 4. The van der Waals surface area contributed by atoms with Gasteiger partial charge in [-0.3, -0.25) is 4.79 Å². The van der Waals surface area contributed by atoms with Gasteiger partial charge in [-0.25, -0.2) is 0 Å². The van der Waals surface area contributed by atoms with E-state index in [1.54, 1.807) is 6.33 Å². The summed E-state index contributed by atoms with van der Waals surface area (Å²) in [6.45, 7) is 8.13. The molecule has 1 N–H and O–H groups in total. The number of aromatic nitrogens is 3. The van der Waals surface area contributed by atoms with E-state index in [0.29, 0.717) is 5.16 Å². The Labute approximate surface area is 111 Å². The molecule has 0 fully saturated rings. The van der Waals surface area contributed by atoms with Crippen molar-refractivity contribution in [2.75, 3.05) is 25.4 Å². The molecular weight excluding hydrogens is 252 g/mol. The van der Waals surface area contributed by atoms with E-state index in [0.717, 1.165) is 32.6 Å². The maximum atomic E-state index is 10.5. The van der Waals surface area contributed by atoms with E-state index in [-0.39, 0.29) is 5.75 Å². The lowest BCUT2D eigenvalue weighted by atomic mass is 10.4. The van der Waals surface area contributed by atoms with Crippen LogP contribution in [0.15, 0.2) is 11.5 Å². The van der Waals surface area contributed by atoms with Crippen LogP contribution in [0.25, 0.3) is 0 Å². The third-order valence-electron chi connectivity index (χ3n) is 2.55. The Hall–Kier alpha value is -1.08. The lowest BCUT2D eigenvalue weighted by molar-refractivity contribution is -0.133. The molecule has 0 aromatic carbocycles. The van der Waals surface area contributed by atoms with Gasteiger partial charge in [0.25, 0.3) is 0 Å². The van der Waals surface area contributed by atoms with Crippen molar-refractivity contribution in [3.8, 4) is 0 Å². The molecule has 0 aliphatic rings. The van der Waals surface area contributed by atoms with E-state index in [9.17, 15) is 4.79 Å². The molecule has 1 heterocycles. The molecule has 0 aliphatic heterocycles. The quantitative estimate of drug-likeness (QED) is 0.681. The molecule has 6 nitrogen and oxygen atoms in total. The van der Waals surface area contributed by atoms with Gasteiger partial charge in [0.15, 0.2) is 5.16 Å². The molecule has 0 saturated carbocycles. The molecule has 0 aliphatic carbocycles. The number of carboxylic acids is 1. The van der Waals surface area contributed by atoms with E-state index in [1.165, 1.54) is 11.8 Å². The highest BCUT2D eigenvalue weighted by molar-refractivity contribution is 7.99. The number of hydrogen-bond donors (Lipinski definition) is 1. The van der Waals surface area contributed by atoms with Crippen LogP contribution in [0, 0.1) is 0 Å². The van der Waals surface area contributed by atoms with Crippen molar-refractivity contribution in [3.63, 3.8) is 0 Å². The fourth-order valence-corrected chi connectivity index (χ4v) is 2.29. The maximum absolute atomic E-state index is 10.5. The minimum absolute atomic E-state index is 0.0190. The first-order chi connectivity index (χ1) is 8.67. The first kappa shape index (κ1) is 15.0. The van der Waals surface area contributed by atoms with Crippen LogP contribution in [0.2, 0.25) is 0 Å². The molecule has 0 bridgehead atoms. The lowest BCUT2D eigenvalue weighted by Crippen LogP contribution is -2.28. The molecule has 0 radical (unpaired) electrons. The fourth-order valence-electron chi connectivity index (χ4n) is 1.63. The van der Waals surface area contributed by atoms with Gasteiger partial charge in [0, 0.05) is 13.1 Å². The van der Waals surface area contributed by atoms with E-state index in [2.05, 4.69) is 28.9 Å². The Bertz CT molecular complexity index is 370. The predicted octanol–water partition coefficient (Wildman–Crippen LogP) is 1.19. The van der Waals surface area contributed by atoms with Gasteiger partial charge in [0.05, 0.1) is 5.75 Å². The standard InChI is InChI=1S/C11H20N4O2S/c1-3-5-14(4-2)6-7-15-9-12-13-11(15)18-8-10(16)17/h9H,3-8H2,1-2H3,(H,16,17). The average Bonchev–Trinajstić information content (AvgIpc) is 2.79. The van der Waals surface area contributed by atoms with Gasteiger partial charge in [-0.1, -0.05) is 25.6 Å². The second kappa shape index (κ2) is 8.10. The van der Waals surface area contributed by atoms with Crippen LogP contribution < -0.4 is 0 Å². The number of aliphatic carboxylic acids is 1. The summed E-state index contributed by atoms with van der Waals surface area (Å²) in [7, 11) is 0. The number of thioether (sulfide) groups is 1. The number of hydrogen-bond acceptors (Lipinski definition) is 5. The summed E-state index contributed by atoms with van der Waals surface area (Å²) in [4.78, 5) is 12.9. The molecule has 0 spiro atoms. The Balaban J connectivity index is 2.46. The lowest BCUT2D eigenvalue weighted by Gasteiger charge is -2.19. The summed E-state index contributed by atoms with van der Waals surface area (Å²) in [5.74, 6) is -0.818. The minimum Gasteiger partial charge on any atom is -0.481 e. The van der Waals surface area contributed by atoms with E-state index in [1.807, 2.05) is 4.57 Å². The molecule has 102 valence electrons. The molecular formula is C11H20N4O2S. The molecule has 1 rings (SSSR count). The van der Waals surface area contributed by atoms with Crippen molar-refractivity contribution >= 4 is 17.7 Å². The van der Waals surface area contributed by atoms with Crippen LogP contribution in [-0.2, 0) is 11.3 Å². The molecule has 7 heteroatoms. The molecule has 1 aromatic rings. The summed E-state index contributed by atoms with van der Waals surface area (Å²) in [5.41, 5.74) is 0. The number of likely N-dealkylation sites (N-methyl/N-ethyl adjacent to an activating group) is 1. The summed E-state index contributed by atoms with van der Waals surface area (Å²) in [6.07, 6.45) is 2.79. The summed E-state index contributed by atoms with van der Waals surface area (Å²) < 4.78 is 1.91. The smallest absolute Gasteiger partial charge is 0.313 e. The van der Waals surface area contributed by atoms with Crippen LogP contribution in [0.5, 0.6) is 0 Å². The van der Waals surface area contributed by atoms with Crippen molar-refractivity contribution in [1.29, 1.82) is 0 Å². The van der Waals surface area contributed by atoms with Crippen LogP contribution in [-0.4, -0.2) is 56.1 Å². The Morgan fingerprint density at radius 3 is 2.89 bits per heavy atom. The first-order valence-corrected chi connectivity index (χ1v) is 7.10. The average molecular weight is 272 g/mol. The highest BCUT2D eigenvalue weighted by Crippen LogP contribution is 2.14. The third kappa shape index (κ3) is 5.05. The Morgan fingerprint density at radius 2 is 2.28 bits per heavy atom. The predicted molar refractivity (Wildman–Crippen MR) is 70.8 cm³/mol. The minimum atomic E-state index is -0.837. The van der Waals surface area contributed by atoms with Crippen LogP contribution >= 0.6 is 11.8 Å². The van der Waals surface area contributed by atoms with E-state index >= 15 is 0 Å². The van der Waals surface area contributed by atoms with E-state index < -0.39 is 5.97 Å². The number of carboxylic acid groups (broad SMARTS) is 1. The van der Waals surface area contributed by atoms with Gasteiger partial charge >= 0.3 is 5.97 Å². The van der Waals surface area contributed by atoms with Crippen LogP contribution in [0.1, 0.15) is 20.3 Å². The normalized spacial score (nSPS) is 11.1. The van der Waals surface area contributed by atoms with Gasteiger partial charge in [-0.15, -0.1) is 10.2 Å². The molecule has 1 aromatic heterocycles. The largest absolute Gasteiger partial charge is 0.481 e. The summed E-state index contributed by atoms with van der Waals surface area (Å²) in [5, 5.41) is 17.1. The SMILES string of the molecule is CCCN(CC)CCn1cnnc1SCC(=O)O.